The van der Waals surface area contributed by atoms with Crippen LogP contribution in [0.3, 0.4) is 0 Å². The summed E-state index contributed by atoms with van der Waals surface area (Å²) in [6.45, 7) is 0.733. The van der Waals surface area contributed by atoms with E-state index in [-0.39, 0.29) is 35.7 Å². The van der Waals surface area contributed by atoms with Gasteiger partial charge in [0.25, 0.3) is 5.69 Å². The Kier molecular flexibility index (Phi) is 7.24. The minimum absolute atomic E-state index is 0.114. The Morgan fingerprint density at radius 2 is 2.11 bits per heavy atom. The summed E-state index contributed by atoms with van der Waals surface area (Å²) in [7, 11) is 0. The summed E-state index contributed by atoms with van der Waals surface area (Å²) in [5.74, 6) is -1.89. The number of hydrogen-bond donors (Lipinski definition) is 4. The van der Waals surface area contributed by atoms with E-state index in [1.165, 1.54) is 24.8 Å². The van der Waals surface area contributed by atoms with E-state index in [1.807, 2.05) is 0 Å². The number of nitrogens with zero attached hydrogens (tertiary/aromatic N) is 5. The van der Waals surface area contributed by atoms with Crippen LogP contribution in [0.25, 0.3) is 11.2 Å². The Morgan fingerprint density at radius 3 is 2.76 bits per heavy atom. The lowest BCUT2D eigenvalue weighted by Gasteiger charge is -2.17. The third kappa shape index (κ3) is 5.45. The fraction of sp³-hybridized carbons (Fsp3) is 0.429. The molecule has 0 aliphatic carbocycles. The number of aliphatic hydroxyl groups is 2. The van der Waals surface area contributed by atoms with Crippen LogP contribution >= 0.6 is 0 Å². The number of ether oxygens (including phenoxy) is 1. The molecule has 37 heavy (non-hydrogen) atoms. The molecule has 1 saturated heterocycles. The summed E-state index contributed by atoms with van der Waals surface area (Å²) < 4.78 is 44.5. The highest BCUT2D eigenvalue weighted by atomic mass is 19.4. The monoisotopic (exact) mass is 525 g/mol. The van der Waals surface area contributed by atoms with Gasteiger partial charge in [0.15, 0.2) is 17.0 Å². The van der Waals surface area contributed by atoms with Crippen molar-refractivity contribution in [1.29, 1.82) is 0 Å². The molecule has 1 aliphatic rings. The van der Waals surface area contributed by atoms with Gasteiger partial charge in [-0.05, 0) is 18.6 Å². The minimum atomic E-state index is -5.07. The van der Waals surface area contributed by atoms with Gasteiger partial charge in [-0.25, -0.2) is 15.0 Å². The lowest BCUT2D eigenvalue weighted by Crippen LogP contribution is -2.36. The molecule has 0 bridgehead atoms. The van der Waals surface area contributed by atoms with E-state index < -0.39 is 48.0 Å². The van der Waals surface area contributed by atoms with Gasteiger partial charge in [0.05, 0.1) is 35.6 Å². The number of fused-ring (bicyclic) bond motifs is 1. The van der Waals surface area contributed by atoms with Crippen molar-refractivity contribution >= 4 is 28.6 Å². The standard InChI is InChI=1S/C21H22F3N7O6/c1-10(12-3-2-11(4-13(12)31(35)36)6-25-20(34)21(22,23)24)29-18-17-19(27-8-26-18)30(9-28-17)16-5-14(33)15(7-32)37-16/h2-4,8-10,14-16,32-33H,5-7H2,1H3,(H,25,34)(H,26,27,29)/t10?,14-,15-,16-/m1/s1. The summed E-state index contributed by atoms with van der Waals surface area (Å²) in [5.41, 5.74) is 0.663. The zero-order valence-corrected chi connectivity index (χ0v) is 19.2. The van der Waals surface area contributed by atoms with Crippen LogP contribution in [0.4, 0.5) is 24.7 Å². The van der Waals surface area contributed by atoms with E-state index in [2.05, 4.69) is 20.3 Å². The van der Waals surface area contributed by atoms with E-state index in [1.54, 1.807) is 16.8 Å². The van der Waals surface area contributed by atoms with Crippen LogP contribution in [0.1, 0.15) is 36.7 Å². The molecule has 0 spiro atoms. The molecule has 4 rings (SSSR count). The van der Waals surface area contributed by atoms with E-state index in [0.29, 0.717) is 11.2 Å². The van der Waals surface area contributed by atoms with Gasteiger partial charge >= 0.3 is 12.1 Å². The number of hydrogen-bond acceptors (Lipinski definition) is 10. The summed E-state index contributed by atoms with van der Waals surface area (Å²) in [6, 6.07) is 3.16. The molecule has 1 aromatic carbocycles. The fourth-order valence-electron chi connectivity index (χ4n) is 4.01. The summed E-state index contributed by atoms with van der Waals surface area (Å²) in [4.78, 5) is 34.7. The van der Waals surface area contributed by atoms with E-state index in [9.17, 15) is 38.3 Å². The molecule has 1 fully saturated rings. The zero-order valence-electron chi connectivity index (χ0n) is 19.2. The van der Waals surface area contributed by atoms with Gasteiger partial charge in [-0.2, -0.15) is 13.2 Å². The number of nitro groups is 1. The summed E-state index contributed by atoms with van der Waals surface area (Å²) >= 11 is 0. The Bertz CT molecular complexity index is 1320. The van der Waals surface area contributed by atoms with Crippen LogP contribution in [0.2, 0.25) is 0 Å². The number of nitro benzene ring substituents is 1. The van der Waals surface area contributed by atoms with Crippen LogP contribution in [0.15, 0.2) is 30.9 Å². The molecule has 3 heterocycles. The van der Waals surface area contributed by atoms with E-state index in [4.69, 9.17) is 4.74 Å². The van der Waals surface area contributed by atoms with Gasteiger partial charge in [-0.15, -0.1) is 0 Å². The smallest absolute Gasteiger partial charge is 0.394 e. The number of benzene rings is 1. The topological polar surface area (TPSA) is 178 Å². The first-order valence-electron chi connectivity index (χ1n) is 11.0. The van der Waals surface area contributed by atoms with Crippen molar-refractivity contribution in [3.05, 3.63) is 52.1 Å². The number of carbonyl (C=O) groups excluding carboxylic acids is 1. The number of carbonyl (C=O) groups is 1. The summed E-state index contributed by atoms with van der Waals surface area (Å²) in [5, 5.41) is 35.8. The Labute approximate surface area is 206 Å². The first-order chi connectivity index (χ1) is 17.5. The van der Waals surface area contributed by atoms with Gasteiger partial charge in [-0.3, -0.25) is 19.5 Å². The molecule has 4 N–H and O–H groups in total. The second-order valence-corrected chi connectivity index (χ2v) is 8.36. The van der Waals surface area contributed by atoms with Crippen molar-refractivity contribution in [2.75, 3.05) is 11.9 Å². The molecular weight excluding hydrogens is 503 g/mol. The lowest BCUT2D eigenvalue weighted by molar-refractivity contribution is -0.385. The molecule has 16 heteroatoms. The SMILES string of the molecule is CC(Nc1ncnc2c1ncn2[C@H]1C[C@@H](O)[C@@H](CO)O1)c1ccc(CNC(=O)C(F)(F)F)cc1[N+](=O)[O-]. The second kappa shape index (κ2) is 10.2. The molecule has 4 atom stereocenters. The summed E-state index contributed by atoms with van der Waals surface area (Å²) in [6.07, 6.45) is -4.38. The number of halogens is 3. The molecular formula is C21H22F3N7O6. The minimum Gasteiger partial charge on any atom is -0.394 e. The molecule has 198 valence electrons. The van der Waals surface area contributed by atoms with Gasteiger partial charge < -0.3 is 25.6 Å². The predicted molar refractivity (Wildman–Crippen MR) is 120 cm³/mol. The highest BCUT2D eigenvalue weighted by Crippen LogP contribution is 2.33. The maximum atomic E-state index is 12.4. The van der Waals surface area contributed by atoms with Crippen LogP contribution < -0.4 is 10.6 Å². The first kappa shape index (κ1) is 26.2. The Morgan fingerprint density at radius 1 is 1.35 bits per heavy atom. The van der Waals surface area contributed by atoms with E-state index in [0.717, 1.165) is 6.07 Å². The highest BCUT2D eigenvalue weighted by molar-refractivity contribution is 5.83. The Hall–Kier alpha value is -3.89. The Balaban J connectivity index is 1.55. The van der Waals surface area contributed by atoms with Crippen molar-refractivity contribution < 1.29 is 37.8 Å². The molecule has 1 unspecified atom stereocenters. The number of anilines is 1. The number of aromatic nitrogens is 4. The average molecular weight is 525 g/mol. The van der Waals surface area contributed by atoms with E-state index >= 15 is 0 Å². The van der Waals surface area contributed by atoms with Crippen molar-refractivity contribution in [2.45, 2.75) is 50.5 Å². The average Bonchev–Trinajstić information content (AvgIpc) is 3.45. The molecule has 0 saturated carbocycles. The van der Waals surface area contributed by atoms with Gasteiger partial charge in [-0.1, -0.05) is 6.07 Å². The largest absolute Gasteiger partial charge is 0.471 e. The molecule has 1 aliphatic heterocycles. The molecule has 2 aromatic heterocycles. The third-order valence-corrected chi connectivity index (χ3v) is 5.87. The number of imidazole rings is 1. The maximum Gasteiger partial charge on any atom is 0.471 e. The van der Waals surface area contributed by atoms with Gasteiger partial charge in [0.1, 0.15) is 18.7 Å². The van der Waals surface area contributed by atoms with Gasteiger partial charge in [0, 0.05) is 19.0 Å². The molecule has 3 aromatic rings. The lowest BCUT2D eigenvalue weighted by atomic mass is 10.0. The number of nitrogens with one attached hydrogen (secondary N) is 2. The highest BCUT2D eigenvalue weighted by Gasteiger charge is 2.38. The number of amides is 1. The predicted octanol–water partition coefficient (Wildman–Crippen LogP) is 1.73. The third-order valence-electron chi connectivity index (χ3n) is 5.87. The molecule has 1 amide bonds. The van der Waals surface area contributed by atoms with Crippen LogP contribution in [0.5, 0.6) is 0 Å². The van der Waals surface area contributed by atoms with Gasteiger partial charge in [0.2, 0.25) is 0 Å². The van der Waals surface area contributed by atoms with Crippen molar-refractivity contribution in [3.8, 4) is 0 Å². The number of alkyl halides is 3. The molecule has 13 nitrogen and oxygen atoms in total. The zero-order chi connectivity index (χ0) is 26.9. The van der Waals surface area contributed by atoms with Crippen molar-refractivity contribution in [1.82, 2.24) is 24.8 Å². The number of rotatable bonds is 8. The molecule has 0 radical (unpaired) electrons. The fourth-order valence-corrected chi connectivity index (χ4v) is 4.01. The van der Waals surface area contributed by atoms with Crippen LogP contribution in [-0.4, -0.2) is 65.6 Å². The maximum absolute atomic E-state index is 12.4. The number of aliphatic hydroxyl groups excluding tert-OH is 2. The van der Waals surface area contributed by atoms with Crippen molar-refractivity contribution in [3.63, 3.8) is 0 Å². The first-order valence-corrected chi connectivity index (χ1v) is 11.0. The normalized spacial score (nSPS) is 20.6. The second-order valence-electron chi connectivity index (χ2n) is 8.36. The van der Waals surface area contributed by atoms with Crippen molar-refractivity contribution in [2.24, 2.45) is 0 Å². The van der Waals surface area contributed by atoms with Crippen LogP contribution in [-0.2, 0) is 16.1 Å². The van der Waals surface area contributed by atoms with Crippen LogP contribution in [0, 0.1) is 10.1 Å². The quantitative estimate of drug-likeness (QED) is 0.250.